The van der Waals surface area contributed by atoms with Crippen LogP contribution in [0.25, 0.3) is 11.5 Å². The maximum absolute atomic E-state index is 13.4. The standard InChI is InChI=1S/C14H8Cl2FN3O3S/c15-10-5-7(12(16)24-10)13-19-20-14(23-13)18-11(21)6-22-9-4-2-1-3-8(9)17/h1-5H,6H2,(H,18,20,21). The van der Waals surface area contributed by atoms with Crippen molar-refractivity contribution in [3.63, 3.8) is 0 Å². The van der Waals surface area contributed by atoms with E-state index in [0.717, 1.165) is 11.3 Å². The molecule has 6 nitrogen and oxygen atoms in total. The van der Waals surface area contributed by atoms with E-state index < -0.39 is 18.3 Å². The number of nitrogens with zero attached hydrogens (tertiary/aromatic N) is 2. The molecule has 3 rings (SSSR count). The van der Waals surface area contributed by atoms with Crippen LogP contribution in [0.4, 0.5) is 10.4 Å². The van der Waals surface area contributed by atoms with Gasteiger partial charge in [0.1, 0.15) is 4.34 Å². The lowest BCUT2D eigenvalue weighted by Gasteiger charge is -2.05. The van der Waals surface area contributed by atoms with Crippen molar-refractivity contribution in [2.75, 3.05) is 11.9 Å². The zero-order valence-electron chi connectivity index (χ0n) is 11.8. The molecule has 124 valence electrons. The van der Waals surface area contributed by atoms with Crippen molar-refractivity contribution in [3.05, 3.63) is 44.8 Å². The highest BCUT2D eigenvalue weighted by atomic mass is 35.5. The fourth-order valence-corrected chi connectivity index (χ4v) is 3.18. The van der Waals surface area contributed by atoms with Gasteiger partial charge in [0.15, 0.2) is 18.2 Å². The Kier molecular flexibility index (Phi) is 4.98. The van der Waals surface area contributed by atoms with Gasteiger partial charge in [-0.05, 0) is 18.2 Å². The number of carbonyl (C=O) groups excluding carboxylic acids is 1. The molecule has 2 aromatic heterocycles. The second kappa shape index (κ2) is 7.16. The number of nitrogens with one attached hydrogen (secondary N) is 1. The molecule has 0 bridgehead atoms. The highest BCUT2D eigenvalue weighted by molar-refractivity contribution is 7.20. The average Bonchev–Trinajstić information content (AvgIpc) is 3.12. The quantitative estimate of drug-likeness (QED) is 0.707. The van der Waals surface area contributed by atoms with Crippen LogP contribution in [-0.4, -0.2) is 22.7 Å². The highest BCUT2D eigenvalue weighted by Gasteiger charge is 2.16. The van der Waals surface area contributed by atoms with Crippen LogP contribution in [0.3, 0.4) is 0 Å². The van der Waals surface area contributed by atoms with E-state index in [4.69, 9.17) is 32.4 Å². The minimum atomic E-state index is -0.581. The molecule has 3 aromatic rings. The highest BCUT2D eigenvalue weighted by Crippen LogP contribution is 2.37. The number of rotatable bonds is 5. The monoisotopic (exact) mass is 387 g/mol. The van der Waals surface area contributed by atoms with Gasteiger partial charge in [-0.1, -0.05) is 40.4 Å². The minimum absolute atomic E-state index is 0.0291. The van der Waals surface area contributed by atoms with E-state index in [1.807, 2.05) is 0 Å². The van der Waals surface area contributed by atoms with Gasteiger partial charge in [0.25, 0.3) is 11.8 Å². The van der Waals surface area contributed by atoms with E-state index in [9.17, 15) is 9.18 Å². The molecular weight excluding hydrogens is 380 g/mol. The lowest BCUT2D eigenvalue weighted by Crippen LogP contribution is -2.20. The van der Waals surface area contributed by atoms with Crippen LogP contribution in [0.2, 0.25) is 8.67 Å². The summed E-state index contributed by atoms with van der Waals surface area (Å²) in [6.07, 6.45) is 0. The van der Waals surface area contributed by atoms with Gasteiger partial charge in [-0.25, -0.2) is 4.39 Å². The van der Waals surface area contributed by atoms with Crippen molar-refractivity contribution in [2.45, 2.75) is 0 Å². The summed E-state index contributed by atoms with van der Waals surface area (Å²) in [5.74, 6) is -1.05. The molecule has 0 unspecified atom stereocenters. The minimum Gasteiger partial charge on any atom is -0.481 e. The van der Waals surface area contributed by atoms with Crippen molar-refractivity contribution in [3.8, 4) is 17.2 Å². The number of ether oxygens (including phenoxy) is 1. The van der Waals surface area contributed by atoms with Gasteiger partial charge in [-0.2, -0.15) is 0 Å². The van der Waals surface area contributed by atoms with Gasteiger partial charge in [0, 0.05) is 0 Å². The molecule has 2 heterocycles. The Morgan fingerprint density at radius 2 is 2.12 bits per heavy atom. The summed E-state index contributed by atoms with van der Waals surface area (Å²) in [5, 5.41) is 9.81. The van der Waals surface area contributed by atoms with Gasteiger partial charge >= 0.3 is 6.01 Å². The molecule has 0 spiro atoms. The molecule has 10 heteroatoms. The molecular formula is C14H8Cl2FN3O3S. The Bertz CT molecular complexity index is 884. The Morgan fingerprint density at radius 3 is 2.83 bits per heavy atom. The van der Waals surface area contributed by atoms with Gasteiger partial charge in [0.2, 0.25) is 0 Å². The molecule has 0 aliphatic heterocycles. The van der Waals surface area contributed by atoms with E-state index in [0.29, 0.717) is 14.2 Å². The van der Waals surface area contributed by atoms with E-state index in [2.05, 4.69) is 15.5 Å². The molecule has 0 radical (unpaired) electrons. The molecule has 1 N–H and O–H groups in total. The lowest BCUT2D eigenvalue weighted by molar-refractivity contribution is -0.118. The number of carbonyl (C=O) groups is 1. The van der Waals surface area contributed by atoms with Crippen LogP contribution in [-0.2, 0) is 4.79 Å². The molecule has 0 aliphatic rings. The molecule has 0 saturated heterocycles. The maximum atomic E-state index is 13.4. The van der Waals surface area contributed by atoms with Crippen molar-refractivity contribution in [1.82, 2.24) is 10.2 Å². The molecule has 1 amide bonds. The number of amides is 1. The summed E-state index contributed by atoms with van der Waals surface area (Å²) in [6, 6.07) is 7.20. The molecule has 0 fully saturated rings. The van der Waals surface area contributed by atoms with Gasteiger partial charge in [-0.3, -0.25) is 10.1 Å². The normalized spacial score (nSPS) is 10.6. The van der Waals surface area contributed by atoms with Crippen molar-refractivity contribution < 1.29 is 18.3 Å². The van der Waals surface area contributed by atoms with E-state index in [-0.39, 0.29) is 17.7 Å². The second-order valence-corrected chi connectivity index (χ2v) is 6.70. The number of thiophene rings is 1. The number of benzene rings is 1. The first kappa shape index (κ1) is 16.7. The number of para-hydroxylation sites is 1. The summed E-state index contributed by atoms with van der Waals surface area (Å²) in [7, 11) is 0. The van der Waals surface area contributed by atoms with E-state index >= 15 is 0 Å². The van der Waals surface area contributed by atoms with Crippen molar-refractivity contribution in [1.29, 1.82) is 0 Å². The number of halogens is 3. The lowest BCUT2D eigenvalue weighted by atomic mass is 10.3. The number of hydrogen-bond donors (Lipinski definition) is 1. The summed E-state index contributed by atoms with van der Waals surface area (Å²) in [4.78, 5) is 11.8. The second-order valence-electron chi connectivity index (χ2n) is 4.42. The Labute approximate surface area is 149 Å². The van der Waals surface area contributed by atoms with Crippen molar-refractivity contribution >= 4 is 46.5 Å². The third kappa shape index (κ3) is 3.84. The van der Waals surface area contributed by atoms with Crippen LogP contribution in [0.1, 0.15) is 0 Å². The van der Waals surface area contributed by atoms with Crippen molar-refractivity contribution in [2.24, 2.45) is 0 Å². The molecule has 0 atom stereocenters. The fraction of sp³-hybridized carbons (Fsp3) is 0.0714. The van der Waals surface area contributed by atoms with Gasteiger partial charge in [0.05, 0.1) is 9.90 Å². The third-order valence-corrected chi connectivity index (χ3v) is 4.24. The first-order valence-corrected chi connectivity index (χ1v) is 8.06. The topological polar surface area (TPSA) is 77.2 Å². The summed E-state index contributed by atoms with van der Waals surface area (Å²) < 4.78 is 24.6. The van der Waals surface area contributed by atoms with E-state index in [1.165, 1.54) is 18.2 Å². The predicted molar refractivity (Wildman–Crippen MR) is 88.2 cm³/mol. The summed E-state index contributed by atoms with van der Waals surface area (Å²) >= 11 is 13.0. The number of anilines is 1. The van der Waals surface area contributed by atoms with Crippen LogP contribution in [0.15, 0.2) is 34.7 Å². The Morgan fingerprint density at radius 1 is 1.33 bits per heavy atom. The molecule has 0 aliphatic carbocycles. The maximum Gasteiger partial charge on any atom is 0.322 e. The zero-order valence-corrected chi connectivity index (χ0v) is 14.1. The van der Waals surface area contributed by atoms with Gasteiger partial charge < -0.3 is 9.15 Å². The smallest absolute Gasteiger partial charge is 0.322 e. The summed E-state index contributed by atoms with van der Waals surface area (Å²) in [6.45, 7) is -0.413. The zero-order chi connectivity index (χ0) is 17.1. The van der Waals surface area contributed by atoms with Gasteiger partial charge in [-0.15, -0.1) is 16.4 Å². The summed E-state index contributed by atoms with van der Waals surface area (Å²) in [5.41, 5.74) is 0.474. The van der Waals surface area contributed by atoms with Crippen LogP contribution in [0, 0.1) is 5.82 Å². The Balaban J connectivity index is 1.61. The molecule has 24 heavy (non-hydrogen) atoms. The fourth-order valence-electron chi connectivity index (χ4n) is 1.73. The van der Waals surface area contributed by atoms with Crippen LogP contribution in [0.5, 0.6) is 5.75 Å². The molecule has 1 aromatic carbocycles. The van der Waals surface area contributed by atoms with Crippen LogP contribution >= 0.6 is 34.5 Å². The SMILES string of the molecule is O=C(COc1ccccc1F)Nc1nnc(-c2cc(Cl)sc2Cl)o1. The largest absolute Gasteiger partial charge is 0.481 e. The van der Waals surface area contributed by atoms with E-state index in [1.54, 1.807) is 12.1 Å². The first-order chi connectivity index (χ1) is 11.5. The predicted octanol–water partition coefficient (Wildman–Crippen LogP) is 4.26. The third-order valence-electron chi connectivity index (χ3n) is 2.75. The number of aromatic nitrogens is 2. The van der Waals surface area contributed by atoms with Crippen LogP contribution < -0.4 is 10.1 Å². The average molecular weight is 388 g/mol. The Hall–Kier alpha value is -2.16. The first-order valence-electron chi connectivity index (χ1n) is 6.49. The molecule has 0 saturated carbocycles. The number of hydrogen-bond acceptors (Lipinski definition) is 6.